The molecule has 6 heteroatoms. The van der Waals surface area contributed by atoms with Gasteiger partial charge in [0, 0.05) is 35.9 Å². The van der Waals surface area contributed by atoms with Gasteiger partial charge >= 0.3 is 5.97 Å². The first-order valence-corrected chi connectivity index (χ1v) is 9.70. The number of methoxy groups -OCH3 is 1. The fourth-order valence-corrected chi connectivity index (χ4v) is 4.12. The summed E-state index contributed by atoms with van der Waals surface area (Å²) in [5.74, 6) is -0.943. The lowest BCUT2D eigenvalue weighted by Crippen LogP contribution is -2.47. The lowest BCUT2D eigenvalue weighted by atomic mass is 9.77. The van der Waals surface area contributed by atoms with Gasteiger partial charge in [-0.05, 0) is 63.8 Å². The molecule has 0 spiro atoms. The molecular weight excluding hydrogens is 352 g/mol. The zero-order valence-corrected chi connectivity index (χ0v) is 17.0. The summed E-state index contributed by atoms with van der Waals surface area (Å²) in [5.41, 5.74) is 1.83. The molecule has 0 heterocycles. The third-order valence-electron chi connectivity index (χ3n) is 5.86. The van der Waals surface area contributed by atoms with Crippen LogP contribution in [0.4, 0.5) is 5.69 Å². The van der Waals surface area contributed by atoms with Crippen molar-refractivity contribution in [2.75, 3.05) is 32.6 Å². The molecule has 2 N–H and O–H groups in total. The third-order valence-corrected chi connectivity index (χ3v) is 6.08. The molecule has 1 aromatic rings. The first-order valence-electron chi connectivity index (χ1n) is 9.32. The van der Waals surface area contributed by atoms with Gasteiger partial charge in [-0.3, -0.25) is 0 Å². The number of benzene rings is 1. The molecule has 0 atom stereocenters. The summed E-state index contributed by atoms with van der Waals surface area (Å²) in [4.78, 5) is 13.9. The van der Waals surface area contributed by atoms with E-state index in [1.807, 2.05) is 13.0 Å². The second-order valence-corrected chi connectivity index (χ2v) is 7.83. The number of likely N-dealkylation sites (N-methyl/N-ethyl adjacent to an activating group) is 1. The van der Waals surface area contributed by atoms with Crippen LogP contribution in [0.2, 0.25) is 5.02 Å². The number of carboxylic acid groups (broad SMARTS) is 1. The van der Waals surface area contributed by atoms with E-state index in [1.54, 1.807) is 7.11 Å². The maximum absolute atomic E-state index is 11.5. The molecular formula is C20H31ClN2O3. The van der Waals surface area contributed by atoms with Crippen LogP contribution in [0.1, 0.15) is 54.9 Å². The molecule has 0 amide bonds. The van der Waals surface area contributed by atoms with E-state index in [0.29, 0.717) is 11.1 Å². The Kier molecular flexibility index (Phi) is 7.33. The molecule has 1 saturated carbocycles. The number of nitrogens with one attached hydrogen (secondary N) is 1. The highest BCUT2D eigenvalue weighted by Gasteiger charge is 2.35. The minimum absolute atomic E-state index is 0.0101. The number of nitrogens with zero attached hydrogens (tertiary/aromatic N) is 1. The molecule has 1 fully saturated rings. The molecule has 1 aromatic carbocycles. The molecule has 26 heavy (non-hydrogen) atoms. The number of carboxylic acids is 1. The molecule has 146 valence electrons. The number of halogens is 1. The van der Waals surface area contributed by atoms with Gasteiger partial charge in [-0.1, -0.05) is 18.5 Å². The number of anilines is 1. The van der Waals surface area contributed by atoms with Gasteiger partial charge in [-0.25, -0.2) is 4.79 Å². The van der Waals surface area contributed by atoms with Crippen molar-refractivity contribution in [1.29, 1.82) is 0 Å². The first-order chi connectivity index (χ1) is 12.3. The zero-order valence-electron chi connectivity index (χ0n) is 16.3. The average molecular weight is 383 g/mol. The smallest absolute Gasteiger partial charge is 0.336 e. The van der Waals surface area contributed by atoms with E-state index in [-0.39, 0.29) is 11.1 Å². The summed E-state index contributed by atoms with van der Waals surface area (Å²) in [6.07, 6.45) is 5.34. The Morgan fingerprint density at radius 2 is 2.08 bits per heavy atom. The number of hydrogen-bond donors (Lipinski definition) is 2. The molecule has 0 radical (unpaired) electrons. The normalized spacial score (nSPS) is 23.2. The Morgan fingerprint density at radius 3 is 2.62 bits per heavy atom. The van der Waals surface area contributed by atoms with E-state index < -0.39 is 5.97 Å². The Bertz CT molecular complexity index is 628. The highest BCUT2D eigenvalue weighted by Crippen LogP contribution is 2.37. The van der Waals surface area contributed by atoms with Crippen molar-refractivity contribution < 1.29 is 14.6 Å². The Hall–Kier alpha value is -1.30. The van der Waals surface area contributed by atoms with Gasteiger partial charge in [0.05, 0.1) is 12.2 Å². The van der Waals surface area contributed by atoms with Crippen LogP contribution in [0.25, 0.3) is 0 Å². The number of ether oxygens (including phenoxy) is 1. The largest absolute Gasteiger partial charge is 0.478 e. The van der Waals surface area contributed by atoms with Gasteiger partial charge in [0.25, 0.3) is 0 Å². The van der Waals surface area contributed by atoms with Crippen LogP contribution in [-0.2, 0) is 4.74 Å². The Balaban J connectivity index is 2.12. The van der Waals surface area contributed by atoms with Gasteiger partial charge in [-0.15, -0.1) is 0 Å². The van der Waals surface area contributed by atoms with Crippen molar-refractivity contribution in [2.24, 2.45) is 0 Å². The van der Waals surface area contributed by atoms with E-state index in [0.717, 1.165) is 56.5 Å². The maximum Gasteiger partial charge on any atom is 0.336 e. The fourth-order valence-electron chi connectivity index (χ4n) is 3.90. The van der Waals surface area contributed by atoms with E-state index in [4.69, 9.17) is 16.3 Å². The van der Waals surface area contributed by atoms with Crippen LogP contribution in [0, 0.1) is 6.92 Å². The summed E-state index contributed by atoms with van der Waals surface area (Å²) in [6, 6.07) is 3.93. The van der Waals surface area contributed by atoms with Crippen molar-refractivity contribution >= 4 is 23.3 Å². The van der Waals surface area contributed by atoms with Crippen LogP contribution in [0.5, 0.6) is 0 Å². The van der Waals surface area contributed by atoms with E-state index in [1.165, 1.54) is 6.07 Å². The van der Waals surface area contributed by atoms with Crippen LogP contribution in [0.3, 0.4) is 0 Å². The van der Waals surface area contributed by atoms with Crippen molar-refractivity contribution in [1.82, 2.24) is 4.90 Å². The summed E-state index contributed by atoms with van der Waals surface area (Å²) in [6.45, 7) is 5.74. The molecule has 5 nitrogen and oxygen atoms in total. The summed E-state index contributed by atoms with van der Waals surface area (Å²) < 4.78 is 5.18. The van der Waals surface area contributed by atoms with E-state index in [2.05, 4.69) is 24.2 Å². The van der Waals surface area contributed by atoms with Crippen LogP contribution < -0.4 is 5.32 Å². The van der Waals surface area contributed by atoms with Crippen molar-refractivity contribution in [3.63, 3.8) is 0 Å². The van der Waals surface area contributed by atoms with Crippen molar-refractivity contribution in [2.45, 2.75) is 57.5 Å². The van der Waals surface area contributed by atoms with Crippen molar-refractivity contribution in [3.05, 3.63) is 28.3 Å². The zero-order chi connectivity index (χ0) is 19.3. The lowest BCUT2D eigenvalue weighted by Gasteiger charge is -2.44. The molecule has 0 aliphatic heterocycles. The average Bonchev–Trinajstić information content (AvgIpc) is 2.62. The summed E-state index contributed by atoms with van der Waals surface area (Å²) >= 11 is 6.16. The van der Waals surface area contributed by atoms with E-state index in [9.17, 15) is 9.90 Å². The number of hydrogen-bond acceptors (Lipinski definition) is 4. The predicted octanol–water partition coefficient (Wildman–Crippen LogP) is 4.43. The van der Waals surface area contributed by atoms with Crippen LogP contribution >= 0.6 is 11.6 Å². The van der Waals surface area contributed by atoms with Crippen LogP contribution in [-0.4, -0.2) is 54.9 Å². The topological polar surface area (TPSA) is 61.8 Å². The monoisotopic (exact) mass is 382 g/mol. The minimum atomic E-state index is -0.943. The minimum Gasteiger partial charge on any atom is -0.478 e. The highest BCUT2D eigenvalue weighted by atomic mass is 35.5. The fraction of sp³-hybridized carbons (Fsp3) is 0.650. The molecule has 1 aliphatic carbocycles. The number of carbonyl (C=O) groups is 1. The quantitative estimate of drug-likeness (QED) is 0.696. The standard InChI is InChI=1S/C20H31ClN2O3/c1-5-20(8-6-16(7-9-20)23(3)10-11-26-4)22-18-13-15(21)12-17(14(18)2)19(24)25/h12-13,16,22H,5-11H2,1-4H3,(H,24,25)/t16-,20+. The molecule has 0 bridgehead atoms. The number of rotatable bonds is 8. The highest BCUT2D eigenvalue weighted by molar-refractivity contribution is 6.31. The van der Waals surface area contributed by atoms with Gasteiger partial charge in [0.1, 0.15) is 0 Å². The number of aromatic carboxylic acids is 1. The van der Waals surface area contributed by atoms with Crippen molar-refractivity contribution in [3.8, 4) is 0 Å². The Morgan fingerprint density at radius 1 is 1.42 bits per heavy atom. The van der Waals surface area contributed by atoms with Crippen LogP contribution in [0.15, 0.2) is 12.1 Å². The molecule has 0 saturated heterocycles. The molecule has 1 aliphatic rings. The van der Waals surface area contributed by atoms with Gasteiger partial charge in [-0.2, -0.15) is 0 Å². The van der Waals surface area contributed by atoms with Gasteiger partial charge in [0.2, 0.25) is 0 Å². The van der Waals surface area contributed by atoms with E-state index >= 15 is 0 Å². The summed E-state index contributed by atoms with van der Waals surface area (Å²) in [5, 5.41) is 13.5. The first kappa shape index (κ1) is 21.0. The molecule has 0 aromatic heterocycles. The molecule has 0 unspecified atom stereocenters. The molecule has 2 rings (SSSR count). The second kappa shape index (κ2) is 9.07. The lowest BCUT2D eigenvalue weighted by molar-refractivity contribution is 0.0696. The summed E-state index contributed by atoms with van der Waals surface area (Å²) in [7, 11) is 3.90. The SMILES string of the molecule is CC[C@]1(Nc2cc(Cl)cc(C(=O)O)c2C)CC[C@@H](N(C)CCOC)CC1. The van der Waals surface area contributed by atoms with Gasteiger partial charge < -0.3 is 20.1 Å². The Labute approximate surface area is 161 Å². The third kappa shape index (κ3) is 4.90. The maximum atomic E-state index is 11.5. The second-order valence-electron chi connectivity index (χ2n) is 7.39. The van der Waals surface area contributed by atoms with Gasteiger partial charge in [0.15, 0.2) is 0 Å². The predicted molar refractivity (Wildman–Crippen MR) is 107 cm³/mol.